The van der Waals surface area contributed by atoms with Gasteiger partial charge in [-0.2, -0.15) is 4.98 Å². The molecule has 0 amide bonds. The summed E-state index contributed by atoms with van der Waals surface area (Å²) < 4.78 is 7.17. The number of nitrogens with one attached hydrogen (secondary N) is 1. The second kappa shape index (κ2) is 4.14. The molecule has 1 N–H and O–H groups in total. The molecule has 0 aliphatic rings. The van der Waals surface area contributed by atoms with Crippen LogP contribution in [0.5, 0.6) is 0 Å². The van der Waals surface area contributed by atoms with Crippen molar-refractivity contribution in [3.63, 3.8) is 0 Å². The number of fused-ring (bicyclic) bond motifs is 1. The van der Waals surface area contributed by atoms with Gasteiger partial charge in [0.05, 0.1) is 6.20 Å². The van der Waals surface area contributed by atoms with Gasteiger partial charge in [0.25, 0.3) is 0 Å². The molecule has 92 valence electrons. The Balaban J connectivity index is 1.83. The van der Waals surface area contributed by atoms with Crippen molar-refractivity contribution >= 4 is 11.6 Å². The lowest BCUT2D eigenvalue weighted by Gasteiger charge is -2.07. The van der Waals surface area contributed by atoms with Gasteiger partial charge in [-0.05, 0) is 26.0 Å². The van der Waals surface area contributed by atoms with E-state index in [1.807, 2.05) is 38.2 Å². The first-order valence-corrected chi connectivity index (χ1v) is 5.72. The standard InChI is InChI=1S/C12H13N5O/c1-8-7-13-11(18-8)9(2)14-12-15-10-5-3-4-6-17(10)16-12/h3-7,9H,1-2H3,(H,14,16). The van der Waals surface area contributed by atoms with Crippen LogP contribution in [0.2, 0.25) is 0 Å². The third kappa shape index (κ3) is 1.92. The van der Waals surface area contributed by atoms with E-state index in [-0.39, 0.29) is 6.04 Å². The van der Waals surface area contributed by atoms with Gasteiger partial charge in [-0.3, -0.25) is 0 Å². The van der Waals surface area contributed by atoms with Crippen molar-refractivity contribution in [3.8, 4) is 0 Å². The molecule has 0 spiro atoms. The van der Waals surface area contributed by atoms with E-state index in [9.17, 15) is 0 Å². The lowest BCUT2D eigenvalue weighted by molar-refractivity contribution is 0.453. The zero-order valence-electron chi connectivity index (χ0n) is 10.2. The largest absolute Gasteiger partial charge is 0.444 e. The lowest BCUT2D eigenvalue weighted by atomic mass is 10.3. The van der Waals surface area contributed by atoms with Crippen molar-refractivity contribution in [1.82, 2.24) is 19.6 Å². The maximum Gasteiger partial charge on any atom is 0.243 e. The minimum atomic E-state index is -0.0730. The molecule has 3 aromatic rings. The highest BCUT2D eigenvalue weighted by atomic mass is 16.4. The Morgan fingerprint density at radius 2 is 2.28 bits per heavy atom. The molecule has 18 heavy (non-hydrogen) atoms. The number of rotatable bonds is 3. The molecule has 0 saturated carbocycles. The molecule has 0 radical (unpaired) electrons. The van der Waals surface area contributed by atoms with Gasteiger partial charge in [0, 0.05) is 6.20 Å². The van der Waals surface area contributed by atoms with Crippen molar-refractivity contribution in [3.05, 3.63) is 42.2 Å². The van der Waals surface area contributed by atoms with Crippen molar-refractivity contribution in [2.24, 2.45) is 0 Å². The fourth-order valence-electron chi connectivity index (χ4n) is 1.72. The van der Waals surface area contributed by atoms with Crippen LogP contribution in [0, 0.1) is 6.92 Å². The van der Waals surface area contributed by atoms with Gasteiger partial charge < -0.3 is 9.73 Å². The van der Waals surface area contributed by atoms with E-state index < -0.39 is 0 Å². The summed E-state index contributed by atoms with van der Waals surface area (Å²) in [4.78, 5) is 8.53. The minimum absolute atomic E-state index is 0.0730. The molecule has 6 heteroatoms. The molecule has 0 bridgehead atoms. The second-order valence-corrected chi connectivity index (χ2v) is 4.11. The quantitative estimate of drug-likeness (QED) is 0.763. The van der Waals surface area contributed by atoms with E-state index in [1.54, 1.807) is 10.7 Å². The van der Waals surface area contributed by atoms with Gasteiger partial charge >= 0.3 is 0 Å². The molecular weight excluding hydrogens is 230 g/mol. The Morgan fingerprint density at radius 3 is 3.00 bits per heavy atom. The highest BCUT2D eigenvalue weighted by Gasteiger charge is 2.13. The highest BCUT2D eigenvalue weighted by molar-refractivity contribution is 5.43. The zero-order valence-corrected chi connectivity index (χ0v) is 10.2. The van der Waals surface area contributed by atoms with Crippen molar-refractivity contribution in [2.75, 3.05) is 5.32 Å². The lowest BCUT2D eigenvalue weighted by Crippen LogP contribution is -2.08. The van der Waals surface area contributed by atoms with Crippen molar-refractivity contribution in [2.45, 2.75) is 19.9 Å². The fraction of sp³-hybridized carbons (Fsp3) is 0.250. The van der Waals surface area contributed by atoms with Crippen LogP contribution in [-0.2, 0) is 0 Å². The number of anilines is 1. The summed E-state index contributed by atoms with van der Waals surface area (Å²) in [7, 11) is 0. The molecule has 0 fully saturated rings. The van der Waals surface area contributed by atoms with Crippen molar-refractivity contribution < 1.29 is 4.42 Å². The summed E-state index contributed by atoms with van der Waals surface area (Å²) in [6.07, 6.45) is 3.55. The molecule has 3 heterocycles. The van der Waals surface area contributed by atoms with Gasteiger partial charge in [0.1, 0.15) is 11.8 Å². The first kappa shape index (κ1) is 10.8. The summed E-state index contributed by atoms with van der Waals surface area (Å²) in [5.41, 5.74) is 0.802. The molecule has 3 rings (SSSR count). The van der Waals surface area contributed by atoms with Crippen LogP contribution >= 0.6 is 0 Å². The average molecular weight is 243 g/mol. The predicted molar refractivity (Wildman–Crippen MR) is 66.3 cm³/mol. The van der Waals surface area contributed by atoms with Gasteiger partial charge in [0.15, 0.2) is 5.65 Å². The number of aryl methyl sites for hydroxylation is 1. The predicted octanol–water partition coefficient (Wildman–Crippen LogP) is 2.20. The Labute approximate surface area is 104 Å². The van der Waals surface area contributed by atoms with Crippen LogP contribution < -0.4 is 5.32 Å². The summed E-state index contributed by atoms with van der Waals surface area (Å²) in [5, 5.41) is 7.47. The van der Waals surface area contributed by atoms with E-state index in [2.05, 4.69) is 20.4 Å². The van der Waals surface area contributed by atoms with Crippen LogP contribution in [0.3, 0.4) is 0 Å². The SMILES string of the molecule is Cc1cnc(C(C)Nc2nc3ccccn3n2)o1. The van der Waals surface area contributed by atoms with Gasteiger partial charge in [-0.25, -0.2) is 9.50 Å². The zero-order chi connectivity index (χ0) is 12.5. The number of aromatic nitrogens is 4. The maximum absolute atomic E-state index is 5.46. The fourth-order valence-corrected chi connectivity index (χ4v) is 1.72. The van der Waals surface area contributed by atoms with E-state index in [4.69, 9.17) is 4.42 Å². The number of nitrogens with zero attached hydrogens (tertiary/aromatic N) is 4. The topological polar surface area (TPSA) is 68.2 Å². The number of oxazole rings is 1. The molecule has 0 aliphatic heterocycles. The Hall–Kier alpha value is -2.37. The molecule has 6 nitrogen and oxygen atoms in total. The molecule has 3 aromatic heterocycles. The molecule has 1 atom stereocenters. The minimum Gasteiger partial charge on any atom is -0.444 e. The summed E-state index contributed by atoms with van der Waals surface area (Å²) in [6.45, 7) is 3.82. The Bertz CT molecular complexity index is 639. The van der Waals surface area contributed by atoms with Crippen molar-refractivity contribution in [1.29, 1.82) is 0 Å². The number of hydrogen-bond donors (Lipinski definition) is 1. The third-order valence-corrected chi connectivity index (χ3v) is 2.60. The molecule has 0 aliphatic carbocycles. The molecule has 0 saturated heterocycles. The third-order valence-electron chi connectivity index (χ3n) is 2.60. The Morgan fingerprint density at radius 1 is 1.39 bits per heavy atom. The second-order valence-electron chi connectivity index (χ2n) is 4.11. The first-order valence-electron chi connectivity index (χ1n) is 5.72. The maximum atomic E-state index is 5.46. The first-order chi connectivity index (χ1) is 8.72. The van der Waals surface area contributed by atoms with Gasteiger partial charge in [-0.1, -0.05) is 6.07 Å². The number of hydrogen-bond acceptors (Lipinski definition) is 5. The van der Waals surface area contributed by atoms with Crippen LogP contribution in [0.4, 0.5) is 5.95 Å². The van der Waals surface area contributed by atoms with E-state index in [1.165, 1.54) is 0 Å². The van der Waals surface area contributed by atoms with E-state index in [0.717, 1.165) is 11.4 Å². The van der Waals surface area contributed by atoms with Gasteiger partial charge in [-0.15, -0.1) is 5.10 Å². The molecular formula is C12H13N5O. The smallest absolute Gasteiger partial charge is 0.243 e. The summed E-state index contributed by atoms with van der Waals surface area (Å²) in [5.74, 6) is 1.98. The summed E-state index contributed by atoms with van der Waals surface area (Å²) >= 11 is 0. The van der Waals surface area contributed by atoms with E-state index >= 15 is 0 Å². The highest BCUT2D eigenvalue weighted by Crippen LogP contribution is 2.16. The Kier molecular flexibility index (Phi) is 2.47. The number of pyridine rings is 1. The normalized spacial score (nSPS) is 12.8. The van der Waals surface area contributed by atoms with Crippen LogP contribution in [0.1, 0.15) is 24.6 Å². The molecule has 1 unspecified atom stereocenters. The van der Waals surface area contributed by atoms with E-state index in [0.29, 0.717) is 11.8 Å². The van der Waals surface area contributed by atoms with Crippen LogP contribution in [0.15, 0.2) is 35.0 Å². The van der Waals surface area contributed by atoms with Crippen LogP contribution in [-0.4, -0.2) is 19.6 Å². The molecule has 0 aromatic carbocycles. The average Bonchev–Trinajstić information content (AvgIpc) is 2.94. The van der Waals surface area contributed by atoms with Crippen LogP contribution in [0.25, 0.3) is 5.65 Å². The summed E-state index contributed by atoms with van der Waals surface area (Å²) in [6, 6.07) is 5.66. The van der Waals surface area contributed by atoms with Gasteiger partial charge in [0.2, 0.25) is 11.8 Å². The monoisotopic (exact) mass is 243 g/mol.